The SMILES string of the molecule is O=C1OC(c2ccnc3ccccc23)CC(O)=C1c1ccccc1. The van der Waals surface area contributed by atoms with Crippen LogP contribution in [0.5, 0.6) is 0 Å². The first-order valence-electron chi connectivity index (χ1n) is 7.76. The standard InChI is InChI=1S/C20H15NO3/c22-17-12-18(15-10-11-21-16-9-5-4-8-14(15)16)24-20(23)19(17)13-6-2-1-3-7-13/h1-11,18,22H,12H2. The number of aliphatic hydroxyl groups excluding tert-OH is 1. The van der Waals surface area contributed by atoms with Crippen molar-refractivity contribution < 1.29 is 14.6 Å². The second-order valence-corrected chi connectivity index (χ2v) is 5.70. The molecule has 24 heavy (non-hydrogen) atoms. The molecule has 0 saturated carbocycles. The van der Waals surface area contributed by atoms with Gasteiger partial charge in [0.2, 0.25) is 0 Å². The van der Waals surface area contributed by atoms with Gasteiger partial charge in [0.15, 0.2) is 0 Å². The number of ether oxygens (including phenoxy) is 1. The van der Waals surface area contributed by atoms with E-state index in [1.807, 2.05) is 48.5 Å². The highest BCUT2D eigenvalue weighted by Gasteiger charge is 2.31. The smallest absolute Gasteiger partial charge is 0.342 e. The van der Waals surface area contributed by atoms with Crippen LogP contribution in [0.3, 0.4) is 0 Å². The Morgan fingerprint density at radius 1 is 1.00 bits per heavy atom. The Balaban J connectivity index is 1.76. The number of hydrogen-bond donors (Lipinski definition) is 1. The Bertz CT molecular complexity index is 942. The normalized spacial score (nSPS) is 17.8. The number of nitrogens with zero attached hydrogens (tertiary/aromatic N) is 1. The van der Waals surface area contributed by atoms with E-state index < -0.39 is 12.1 Å². The number of benzene rings is 2. The maximum Gasteiger partial charge on any atom is 0.342 e. The number of aromatic nitrogens is 1. The molecule has 4 rings (SSSR count). The summed E-state index contributed by atoms with van der Waals surface area (Å²) in [5.41, 5.74) is 2.60. The van der Waals surface area contributed by atoms with Crippen LogP contribution in [-0.4, -0.2) is 16.1 Å². The summed E-state index contributed by atoms with van der Waals surface area (Å²) in [7, 11) is 0. The molecule has 2 aromatic carbocycles. The van der Waals surface area contributed by atoms with E-state index >= 15 is 0 Å². The van der Waals surface area contributed by atoms with Crippen molar-refractivity contribution in [1.29, 1.82) is 0 Å². The number of carbonyl (C=O) groups is 1. The van der Waals surface area contributed by atoms with Gasteiger partial charge in [0.1, 0.15) is 17.4 Å². The van der Waals surface area contributed by atoms with Gasteiger partial charge in [0.05, 0.1) is 5.52 Å². The van der Waals surface area contributed by atoms with E-state index in [-0.39, 0.29) is 17.8 Å². The van der Waals surface area contributed by atoms with E-state index in [2.05, 4.69) is 4.98 Å². The molecule has 1 unspecified atom stereocenters. The predicted molar refractivity (Wildman–Crippen MR) is 91.2 cm³/mol. The van der Waals surface area contributed by atoms with Gasteiger partial charge < -0.3 is 9.84 Å². The van der Waals surface area contributed by atoms with Crippen molar-refractivity contribution in [3.8, 4) is 0 Å². The zero-order valence-electron chi connectivity index (χ0n) is 12.8. The first-order valence-corrected chi connectivity index (χ1v) is 7.76. The van der Waals surface area contributed by atoms with E-state index in [1.165, 1.54) is 0 Å². The minimum absolute atomic E-state index is 0.0587. The zero-order chi connectivity index (χ0) is 16.5. The van der Waals surface area contributed by atoms with Crippen LogP contribution in [0.25, 0.3) is 16.5 Å². The molecule has 0 amide bonds. The largest absolute Gasteiger partial charge is 0.511 e. The summed E-state index contributed by atoms with van der Waals surface area (Å²) >= 11 is 0. The molecular formula is C20H15NO3. The van der Waals surface area contributed by atoms with Gasteiger partial charge in [-0.15, -0.1) is 0 Å². The van der Waals surface area contributed by atoms with Crippen LogP contribution in [0, 0.1) is 0 Å². The number of fused-ring (bicyclic) bond motifs is 1. The number of carbonyl (C=O) groups excluding carboxylic acids is 1. The first-order chi connectivity index (χ1) is 11.7. The minimum atomic E-state index is -0.516. The number of para-hydroxylation sites is 1. The Labute approximate surface area is 139 Å². The van der Waals surface area contributed by atoms with Gasteiger partial charge in [0, 0.05) is 23.6 Å². The molecule has 1 aliphatic heterocycles. The average Bonchev–Trinajstić information content (AvgIpc) is 2.61. The van der Waals surface area contributed by atoms with Crippen LogP contribution < -0.4 is 0 Å². The first kappa shape index (κ1) is 14.5. The van der Waals surface area contributed by atoms with E-state index in [1.54, 1.807) is 18.3 Å². The average molecular weight is 317 g/mol. The second-order valence-electron chi connectivity index (χ2n) is 5.70. The summed E-state index contributed by atoms with van der Waals surface area (Å²) in [6, 6.07) is 18.6. The van der Waals surface area contributed by atoms with Crippen molar-refractivity contribution in [1.82, 2.24) is 4.98 Å². The number of hydrogen-bond acceptors (Lipinski definition) is 4. The Kier molecular flexibility index (Phi) is 3.50. The predicted octanol–water partition coefficient (Wildman–Crippen LogP) is 4.19. The van der Waals surface area contributed by atoms with Crippen molar-refractivity contribution in [3.05, 3.63) is 83.7 Å². The number of rotatable bonds is 2. The highest BCUT2D eigenvalue weighted by atomic mass is 16.5. The molecule has 0 radical (unpaired) electrons. The molecular weight excluding hydrogens is 302 g/mol. The lowest BCUT2D eigenvalue weighted by Crippen LogP contribution is -2.21. The summed E-state index contributed by atoms with van der Waals surface area (Å²) in [4.78, 5) is 16.8. The molecule has 2 heterocycles. The molecule has 1 aliphatic rings. The van der Waals surface area contributed by atoms with Crippen LogP contribution in [0.1, 0.15) is 23.7 Å². The lowest BCUT2D eigenvalue weighted by atomic mass is 9.95. The van der Waals surface area contributed by atoms with Crippen LogP contribution >= 0.6 is 0 Å². The minimum Gasteiger partial charge on any atom is -0.511 e. The fourth-order valence-electron chi connectivity index (χ4n) is 3.09. The summed E-state index contributed by atoms with van der Waals surface area (Å²) in [6.45, 7) is 0. The van der Waals surface area contributed by atoms with Gasteiger partial charge in [-0.05, 0) is 17.7 Å². The third-order valence-corrected chi connectivity index (χ3v) is 4.21. The molecule has 0 saturated heterocycles. The Morgan fingerprint density at radius 3 is 2.54 bits per heavy atom. The second kappa shape index (κ2) is 5.81. The summed E-state index contributed by atoms with van der Waals surface area (Å²) in [5, 5.41) is 11.4. The molecule has 4 heteroatoms. The molecule has 0 spiro atoms. The van der Waals surface area contributed by atoms with Gasteiger partial charge in [-0.3, -0.25) is 4.98 Å². The highest BCUT2D eigenvalue weighted by Crippen LogP contribution is 2.37. The molecule has 4 nitrogen and oxygen atoms in total. The van der Waals surface area contributed by atoms with Crippen LogP contribution in [0.15, 0.2) is 72.6 Å². The highest BCUT2D eigenvalue weighted by molar-refractivity contribution is 6.17. The number of cyclic esters (lactones) is 1. The van der Waals surface area contributed by atoms with E-state index in [4.69, 9.17) is 4.74 Å². The molecule has 118 valence electrons. The van der Waals surface area contributed by atoms with E-state index in [0.29, 0.717) is 5.56 Å². The van der Waals surface area contributed by atoms with Crippen LogP contribution in [-0.2, 0) is 9.53 Å². The summed E-state index contributed by atoms with van der Waals surface area (Å²) in [6.07, 6.45) is 1.43. The zero-order valence-corrected chi connectivity index (χ0v) is 12.8. The molecule has 0 fully saturated rings. The molecule has 1 N–H and O–H groups in total. The summed E-state index contributed by atoms with van der Waals surface area (Å²) in [5.74, 6) is -0.445. The van der Waals surface area contributed by atoms with Crippen molar-refractivity contribution in [3.63, 3.8) is 0 Å². The van der Waals surface area contributed by atoms with Crippen LogP contribution in [0.2, 0.25) is 0 Å². The Hall–Kier alpha value is -3.14. The number of pyridine rings is 1. The third kappa shape index (κ3) is 2.42. The van der Waals surface area contributed by atoms with Gasteiger partial charge in [0.25, 0.3) is 0 Å². The Morgan fingerprint density at radius 2 is 1.75 bits per heavy atom. The monoisotopic (exact) mass is 317 g/mol. The summed E-state index contributed by atoms with van der Waals surface area (Å²) < 4.78 is 5.63. The van der Waals surface area contributed by atoms with E-state index in [0.717, 1.165) is 16.5 Å². The molecule has 0 bridgehead atoms. The molecule has 0 aliphatic carbocycles. The molecule has 1 aromatic heterocycles. The van der Waals surface area contributed by atoms with Gasteiger partial charge in [-0.1, -0.05) is 48.5 Å². The molecule has 1 atom stereocenters. The van der Waals surface area contributed by atoms with Crippen molar-refractivity contribution >= 4 is 22.4 Å². The van der Waals surface area contributed by atoms with Crippen molar-refractivity contribution in [2.24, 2.45) is 0 Å². The van der Waals surface area contributed by atoms with E-state index in [9.17, 15) is 9.90 Å². The lowest BCUT2D eigenvalue weighted by molar-refractivity contribution is -0.143. The van der Waals surface area contributed by atoms with Gasteiger partial charge in [-0.2, -0.15) is 0 Å². The maximum atomic E-state index is 12.5. The molecule has 3 aromatic rings. The number of aliphatic hydroxyl groups is 1. The van der Waals surface area contributed by atoms with Crippen molar-refractivity contribution in [2.75, 3.05) is 0 Å². The number of esters is 1. The maximum absolute atomic E-state index is 12.5. The topological polar surface area (TPSA) is 59.4 Å². The lowest BCUT2D eigenvalue weighted by Gasteiger charge is -2.25. The van der Waals surface area contributed by atoms with Gasteiger partial charge >= 0.3 is 5.97 Å². The van der Waals surface area contributed by atoms with Crippen LogP contribution in [0.4, 0.5) is 0 Å². The van der Waals surface area contributed by atoms with Gasteiger partial charge in [-0.25, -0.2) is 4.79 Å². The fourth-order valence-corrected chi connectivity index (χ4v) is 3.09. The third-order valence-electron chi connectivity index (χ3n) is 4.21. The fraction of sp³-hybridized carbons (Fsp3) is 0.100. The quantitative estimate of drug-likeness (QED) is 0.720. The van der Waals surface area contributed by atoms with Crippen molar-refractivity contribution in [2.45, 2.75) is 12.5 Å².